The number of benzene rings is 1. The molecule has 1 aromatic carbocycles. The van der Waals surface area contributed by atoms with E-state index in [4.69, 9.17) is 4.42 Å². The van der Waals surface area contributed by atoms with E-state index in [1.807, 2.05) is 32.6 Å². The lowest BCUT2D eigenvalue weighted by molar-refractivity contribution is -0.136. The van der Waals surface area contributed by atoms with Gasteiger partial charge in [0.2, 0.25) is 5.91 Å². The van der Waals surface area contributed by atoms with Gasteiger partial charge in [0.15, 0.2) is 0 Å². The minimum Gasteiger partial charge on any atom is -0.459 e. The van der Waals surface area contributed by atoms with Gasteiger partial charge in [0.1, 0.15) is 17.2 Å². The molecular weight excluding hydrogens is 385 g/mol. The van der Waals surface area contributed by atoms with Crippen molar-refractivity contribution in [3.8, 4) is 0 Å². The van der Waals surface area contributed by atoms with E-state index in [-0.39, 0.29) is 35.8 Å². The van der Waals surface area contributed by atoms with E-state index in [1.54, 1.807) is 6.07 Å². The predicted molar refractivity (Wildman–Crippen MR) is 115 cm³/mol. The van der Waals surface area contributed by atoms with E-state index >= 15 is 0 Å². The maximum atomic E-state index is 13.5. The molecule has 2 aromatic rings. The lowest BCUT2D eigenvalue weighted by Crippen LogP contribution is -2.50. The molecule has 0 radical (unpaired) electrons. The number of carbonyl (C=O) groups excluding carboxylic acids is 2. The molecule has 6 nitrogen and oxygen atoms in total. The molecule has 1 atom stereocenters. The van der Waals surface area contributed by atoms with Crippen LogP contribution in [0.1, 0.15) is 63.8 Å². The van der Waals surface area contributed by atoms with Gasteiger partial charge >= 0.3 is 6.03 Å². The number of nitrogens with zero attached hydrogens (tertiary/aromatic N) is 1. The average molecular weight is 418 g/mol. The normalized spacial score (nSPS) is 16.1. The zero-order valence-corrected chi connectivity index (χ0v) is 18.3. The first-order valence-corrected chi connectivity index (χ1v) is 10.9. The molecule has 1 saturated heterocycles. The molecule has 0 spiro atoms. The first kappa shape index (κ1) is 22.1. The van der Waals surface area contributed by atoms with Crippen molar-refractivity contribution in [3.63, 3.8) is 0 Å². The molecule has 1 aliphatic rings. The lowest BCUT2D eigenvalue weighted by Gasteiger charge is -2.34. The monoisotopic (exact) mass is 417 g/mol. The number of rotatable bonds is 6. The highest BCUT2D eigenvalue weighted by Gasteiger charge is 2.27. The molecule has 30 heavy (non-hydrogen) atoms. The second-order valence-corrected chi connectivity index (χ2v) is 8.18. The Labute approximate surface area is 177 Å². The van der Waals surface area contributed by atoms with E-state index in [2.05, 4.69) is 10.6 Å². The van der Waals surface area contributed by atoms with Gasteiger partial charge in [0, 0.05) is 36.0 Å². The number of aryl methyl sites for hydroxylation is 1. The van der Waals surface area contributed by atoms with Crippen LogP contribution in [0.25, 0.3) is 11.0 Å². The summed E-state index contributed by atoms with van der Waals surface area (Å²) in [5.74, 6) is 0.633. The Morgan fingerprint density at radius 2 is 1.90 bits per heavy atom. The largest absolute Gasteiger partial charge is 0.459 e. The molecule has 1 unspecified atom stereocenters. The van der Waals surface area contributed by atoms with Crippen LogP contribution in [0.15, 0.2) is 22.6 Å². The number of carbonyl (C=O) groups is 2. The Hall–Kier alpha value is -2.57. The fourth-order valence-corrected chi connectivity index (χ4v) is 4.25. The highest BCUT2D eigenvalue weighted by atomic mass is 19.1. The van der Waals surface area contributed by atoms with E-state index in [9.17, 15) is 14.0 Å². The second kappa shape index (κ2) is 9.49. The smallest absolute Gasteiger partial charge is 0.315 e. The third-order valence-corrected chi connectivity index (χ3v) is 6.15. The van der Waals surface area contributed by atoms with Gasteiger partial charge < -0.3 is 20.0 Å². The Morgan fingerprint density at radius 3 is 2.53 bits per heavy atom. The summed E-state index contributed by atoms with van der Waals surface area (Å²) < 4.78 is 19.4. The fourth-order valence-electron chi connectivity index (χ4n) is 4.25. The van der Waals surface area contributed by atoms with Crippen molar-refractivity contribution >= 4 is 22.9 Å². The van der Waals surface area contributed by atoms with Crippen molar-refractivity contribution in [2.75, 3.05) is 13.1 Å². The van der Waals surface area contributed by atoms with Crippen LogP contribution in [-0.4, -0.2) is 36.0 Å². The van der Waals surface area contributed by atoms with E-state index in [0.29, 0.717) is 29.8 Å². The number of furan rings is 1. The number of amides is 3. The SMILES string of the molecule is CCC(CC)C(=O)N1CCC(NC(=O)NC(C)c2oc3ccc(F)cc3c2C)CC1. The summed E-state index contributed by atoms with van der Waals surface area (Å²) >= 11 is 0. The summed E-state index contributed by atoms with van der Waals surface area (Å²) in [6.07, 6.45) is 3.22. The molecule has 0 bridgehead atoms. The van der Waals surface area contributed by atoms with Gasteiger partial charge in [-0.15, -0.1) is 0 Å². The summed E-state index contributed by atoms with van der Waals surface area (Å²) in [7, 11) is 0. The van der Waals surface area contributed by atoms with Gasteiger partial charge in [0.05, 0.1) is 6.04 Å². The number of hydrogen-bond donors (Lipinski definition) is 2. The molecule has 2 heterocycles. The molecular formula is C23H32FN3O3. The van der Waals surface area contributed by atoms with Crippen LogP contribution in [0, 0.1) is 18.7 Å². The van der Waals surface area contributed by atoms with Crippen LogP contribution < -0.4 is 10.6 Å². The minimum absolute atomic E-state index is 0.0359. The molecule has 164 valence electrons. The zero-order chi connectivity index (χ0) is 21.8. The van der Waals surface area contributed by atoms with Gasteiger partial charge in [-0.2, -0.15) is 0 Å². The Morgan fingerprint density at radius 1 is 1.23 bits per heavy atom. The van der Waals surface area contributed by atoms with E-state index in [1.165, 1.54) is 12.1 Å². The summed E-state index contributed by atoms with van der Waals surface area (Å²) in [6, 6.07) is 3.83. The van der Waals surface area contributed by atoms with Crippen LogP contribution in [0.3, 0.4) is 0 Å². The van der Waals surface area contributed by atoms with Gasteiger partial charge in [-0.25, -0.2) is 9.18 Å². The van der Waals surface area contributed by atoms with Crippen molar-refractivity contribution in [1.82, 2.24) is 15.5 Å². The quantitative estimate of drug-likeness (QED) is 0.717. The molecule has 3 rings (SSSR count). The van der Waals surface area contributed by atoms with Crippen LogP contribution in [0.2, 0.25) is 0 Å². The van der Waals surface area contributed by atoms with Crippen molar-refractivity contribution < 1.29 is 18.4 Å². The Bertz CT molecular complexity index is 898. The highest BCUT2D eigenvalue weighted by Crippen LogP contribution is 2.30. The van der Waals surface area contributed by atoms with E-state index < -0.39 is 0 Å². The predicted octanol–water partition coefficient (Wildman–Crippen LogP) is 4.67. The third-order valence-electron chi connectivity index (χ3n) is 6.15. The Balaban J connectivity index is 1.53. The Kier molecular flexibility index (Phi) is 7.00. The van der Waals surface area contributed by atoms with Crippen LogP contribution in [-0.2, 0) is 4.79 Å². The standard InChI is InChI=1S/C23H32FN3O3/c1-5-16(6-2)22(28)27-11-9-18(10-12-27)26-23(29)25-15(4)21-14(3)19-13-17(24)7-8-20(19)30-21/h7-8,13,15-16,18H,5-6,9-12H2,1-4H3,(H2,25,26,29). The van der Waals surface area contributed by atoms with Crippen LogP contribution in [0.4, 0.5) is 9.18 Å². The van der Waals surface area contributed by atoms with Crippen LogP contribution >= 0.6 is 0 Å². The number of fused-ring (bicyclic) bond motifs is 1. The molecule has 1 aromatic heterocycles. The molecule has 0 aliphatic carbocycles. The molecule has 2 N–H and O–H groups in total. The molecule has 0 saturated carbocycles. The molecule has 1 aliphatic heterocycles. The maximum absolute atomic E-state index is 13.5. The van der Waals surface area contributed by atoms with Crippen molar-refractivity contribution in [2.24, 2.45) is 5.92 Å². The number of hydrogen-bond acceptors (Lipinski definition) is 3. The fraction of sp³-hybridized carbons (Fsp3) is 0.565. The van der Waals surface area contributed by atoms with Gasteiger partial charge in [0.25, 0.3) is 0 Å². The topological polar surface area (TPSA) is 74.6 Å². The molecule has 3 amide bonds. The highest BCUT2D eigenvalue weighted by molar-refractivity contribution is 5.83. The lowest BCUT2D eigenvalue weighted by atomic mass is 9.98. The number of urea groups is 1. The summed E-state index contributed by atoms with van der Waals surface area (Å²) in [5.41, 5.74) is 1.43. The third kappa shape index (κ3) is 4.77. The number of piperidine rings is 1. The number of halogens is 1. The van der Waals surface area contributed by atoms with Gasteiger partial charge in [-0.05, 0) is 57.7 Å². The van der Waals surface area contributed by atoms with Gasteiger partial charge in [-0.3, -0.25) is 4.79 Å². The van der Waals surface area contributed by atoms with E-state index in [0.717, 1.165) is 31.2 Å². The van der Waals surface area contributed by atoms with Crippen molar-refractivity contribution in [2.45, 2.75) is 65.5 Å². The molecule has 1 fully saturated rings. The second-order valence-electron chi connectivity index (χ2n) is 8.18. The summed E-state index contributed by atoms with van der Waals surface area (Å²) in [4.78, 5) is 26.9. The van der Waals surface area contributed by atoms with Gasteiger partial charge in [-0.1, -0.05) is 13.8 Å². The zero-order valence-electron chi connectivity index (χ0n) is 18.3. The summed E-state index contributed by atoms with van der Waals surface area (Å²) in [6.45, 7) is 9.15. The first-order chi connectivity index (χ1) is 14.3. The average Bonchev–Trinajstić information content (AvgIpc) is 3.05. The van der Waals surface area contributed by atoms with Crippen molar-refractivity contribution in [1.29, 1.82) is 0 Å². The molecule has 7 heteroatoms. The van der Waals surface area contributed by atoms with Crippen molar-refractivity contribution in [3.05, 3.63) is 35.3 Å². The van der Waals surface area contributed by atoms with Crippen LogP contribution in [0.5, 0.6) is 0 Å². The first-order valence-electron chi connectivity index (χ1n) is 10.9. The maximum Gasteiger partial charge on any atom is 0.315 e. The minimum atomic E-state index is -0.350. The number of likely N-dealkylation sites (tertiary alicyclic amines) is 1. The summed E-state index contributed by atoms with van der Waals surface area (Å²) in [5, 5.41) is 6.64. The number of nitrogens with one attached hydrogen (secondary N) is 2.